The van der Waals surface area contributed by atoms with Gasteiger partial charge in [0, 0.05) is 6.42 Å². The standard InChI is InChI=1S/C20H24OSi/c1-4-11-17(2)16-20(21)22(3,18-12-7-5-8-13-18)19-14-9-6-10-15-19/h4-10,12-15,17H,1,11,16H2,2-3H3. The third-order valence-corrected chi connectivity index (χ3v) is 8.66. The van der Waals surface area contributed by atoms with Crippen LogP contribution in [0.1, 0.15) is 19.8 Å². The maximum atomic E-state index is 13.2. The Morgan fingerprint density at radius 2 is 1.50 bits per heavy atom. The Balaban J connectivity index is 2.43. The first-order chi connectivity index (χ1) is 10.6. The summed E-state index contributed by atoms with van der Waals surface area (Å²) in [6.07, 6.45) is 3.42. The van der Waals surface area contributed by atoms with E-state index < -0.39 is 8.07 Å². The highest BCUT2D eigenvalue weighted by atomic mass is 28.3. The summed E-state index contributed by atoms with van der Waals surface area (Å²) in [7, 11) is -2.37. The minimum absolute atomic E-state index is 0.351. The predicted octanol–water partition coefficient (Wildman–Crippen LogP) is 3.59. The SMILES string of the molecule is C=CCC(C)CC(=O)[Si](C)(c1ccccc1)c1ccccc1. The van der Waals surface area contributed by atoms with Gasteiger partial charge in [-0.1, -0.05) is 80.2 Å². The van der Waals surface area contributed by atoms with Crippen molar-refractivity contribution in [3.05, 3.63) is 73.3 Å². The van der Waals surface area contributed by atoms with E-state index in [9.17, 15) is 4.79 Å². The summed E-state index contributed by atoms with van der Waals surface area (Å²) in [6.45, 7) is 8.10. The minimum Gasteiger partial charge on any atom is -0.305 e. The summed E-state index contributed by atoms with van der Waals surface area (Å²) >= 11 is 0. The molecule has 0 bridgehead atoms. The first-order valence-corrected chi connectivity index (χ1v) is 10.3. The maximum absolute atomic E-state index is 13.2. The summed E-state index contributed by atoms with van der Waals surface area (Å²) in [5, 5.41) is 2.79. The molecule has 0 aromatic heterocycles. The molecule has 114 valence electrons. The second-order valence-electron chi connectivity index (χ2n) is 6.11. The first kappa shape index (κ1) is 16.4. The number of carbonyl (C=O) groups is 1. The topological polar surface area (TPSA) is 17.1 Å². The van der Waals surface area contributed by atoms with Crippen LogP contribution in [0.15, 0.2) is 73.3 Å². The average Bonchev–Trinajstić information content (AvgIpc) is 2.55. The van der Waals surface area contributed by atoms with Crippen LogP contribution in [0.2, 0.25) is 6.55 Å². The van der Waals surface area contributed by atoms with Crippen LogP contribution in [0.25, 0.3) is 0 Å². The highest BCUT2D eigenvalue weighted by molar-refractivity contribution is 7.21. The molecule has 2 rings (SSSR count). The number of hydrogen-bond donors (Lipinski definition) is 0. The summed E-state index contributed by atoms with van der Waals surface area (Å²) in [5.74, 6) is 0.351. The van der Waals surface area contributed by atoms with Crippen LogP contribution in [-0.2, 0) is 4.79 Å². The smallest absolute Gasteiger partial charge is 0.190 e. The summed E-state index contributed by atoms with van der Waals surface area (Å²) < 4.78 is 0. The van der Waals surface area contributed by atoms with Crippen molar-refractivity contribution in [3.63, 3.8) is 0 Å². The van der Waals surface area contributed by atoms with E-state index in [2.05, 4.69) is 44.3 Å². The highest BCUT2D eigenvalue weighted by Gasteiger charge is 2.39. The monoisotopic (exact) mass is 308 g/mol. The molecule has 0 saturated heterocycles. The molecule has 0 radical (unpaired) electrons. The van der Waals surface area contributed by atoms with Gasteiger partial charge in [-0.3, -0.25) is 0 Å². The molecular formula is C20H24OSi. The zero-order chi connectivity index (χ0) is 16.0. The first-order valence-electron chi connectivity index (χ1n) is 7.84. The average molecular weight is 308 g/mol. The third-order valence-electron chi connectivity index (χ3n) is 4.36. The van der Waals surface area contributed by atoms with Gasteiger partial charge in [-0.25, -0.2) is 0 Å². The van der Waals surface area contributed by atoms with Gasteiger partial charge in [-0.2, -0.15) is 0 Å². The summed E-state index contributed by atoms with van der Waals surface area (Å²) in [4.78, 5) is 13.2. The Hall–Kier alpha value is -1.93. The molecule has 2 aromatic carbocycles. The summed E-state index contributed by atoms with van der Waals surface area (Å²) in [6, 6.07) is 20.6. The number of rotatable bonds is 7. The quantitative estimate of drug-likeness (QED) is 0.564. The van der Waals surface area contributed by atoms with E-state index in [1.165, 1.54) is 10.4 Å². The molecule has 0 amide bonds. The molecule has 0 saturated carbocycles. The van der Waals surface area contributed by atoms with E-state index in [-0.39, 0.29) is 0 Å². The van der Waals surface area contributed by atoms with Crippen molar-refractivity contribution in [1.82, 2.24) is 0 Å². The van der Waals surface area contributed by atoms with Crippen LogP contribution in [-0.4, -0.2) is 13.5 Å². The lowest BCUT2D eigenvalue weighted by molar-refractivity contribution is -0.113. The van der Waals surface area contributed by atoms with E-state index >= 15 is 0 Å². The van der Waals surface area contributed by atoms with Crippen LogP contribution < -0.4 is 10.4 Å². The van der Waals surface area contributed by atoms with Crippen molar-refractivity contribution >= 4 is 23.9 Å². The highest BCUT2D eigenvalue weighted by Crippen LogP contribution is 2.16. The molecule has 0 aliphatic carbocycles. The lowest BCUT2D eigenvalue weighted by atomic mass is 10.1. The van der Waals surface area contributed by atoms with Gasteiger partial charge in [0.05, 0.1) is 0 Å². The van der Waals surface area contributed by atoms with Gasteiger partial charge in [-0.05, 0) is 22.7 Å². The number of benzene rings is 2. The fourth-order valence-corrected chi connectivity index (χ4v) is 6.37. The third kappa shape index (κ3) is 3.45. The van der Waals surface area contributed by atoms with E-state index in [4.69, 9.17) is 0 Å². The van der Waals surface area contributed by atoms with Crippen molar-refractivity contribution in [3.8, 4) is 0 Å². The van der Waals surface area contributed by atoms with Crippen LogP contribution >= 0.6 is 0 Å². The fraction of sp³-hybridized carbons (Fsp3) is 0.250. The van der Waals surface area contributed by atoms with Gasteiger partial charge in [0.1, 0.15) is 5.41 Å². The normalized spacial score (nSPS) is 12.6. The number of carbonyl (C=O) groups excluding carboxylic acids is 1. The predicted molar refractivity (Wildman–Crippen MR) is 97.4 cm³/mol. The van der Waals surface area contributed by atoms with Crippen molar-refractivity contribution in [2.45, 2.75) is 26.3 Å². The van der Waals surface area contributed by atoms with Crippen LogP contribution in [0, 0.1) is 5.92 Å². The summed E-state index contributed by atoms with van der Waals surface area (Å²) in [5.41, 5.74) is 0. The van der Waals surface area contributed by atoms with Crippen molar-refractivity contribution < 1.29 is 4.79 Å². The van der Waals surface area contributed by atoms with Crippen molar-refractivity contribution in [2.24, 2.45) is 5.92 Å². The largest absolute Gasteiger partial charge is 0.305 e. The molecule has 2 aromatic rings. The second kappa shape index (κ2) is 7.37. The molecule has 0 aliphatic heterocycles. The second-order valence-corrected chi connectivity index (χ2v) is 10.1. The molecular weight excluding hydrogens is 284 g/mol. The van der Waals surface area contributed by atoms with Gasteiger partial charge < -0.3 is 4.79 Å². The molecule has 0 spiro atoms. The Morgan fingerprint density at radius 1 is 1.05 bits per heavy atom. The minimum atomic E-state index is -2.37. The Kier molecular flexibility index (Phi) is 5.50. The van der Waals surface area contributed by atoms with Gasteiger partial charge in [0.2, 0.25) is 0 Å². The molecule has 1 unspecified atom stereocenters. The zero-order valence-electron chi connectivity index (χ0n) is 13.5. The van der Waals surface area contributed by atoms with Crippen molar-refractivity contribution in [2.75, 3.05) is 0 Å². The van der Waals surface area contributed by atoms with Crippen LogP contribution in [0.4, 0.5) is 0 Å². The molecule has 22 heavy (non-hydrogen) atoms. The molecule has 0 fully saturated rings. The molecule has 1 nitrogen and oxygen atoms in total. The molecule has 2 heteroatoms. The van der Waals surface area contributed by atoms with E-state index in [0.29, 0.717) is 17.7 Å². The van der Waals surface area contributed by atoms with E-state index in [1.54, 1.807) is 0 Å². The van der Waals surface area contributed by atoms with Crippen molar-refractivity contribution in [1.29, 1.82) is 0 Å². The van der Waals surface area contributed by atoms with Gasteiger partial charge in [0.15, 0.2) is 8.07 Å². The van der Waals surface area contributed by atoms with Crippen LogP contribution in [0.5, 0.6) is 0 Å². The van der Waals surface area contributed by atoms with E-state index in [1.807, 2.05) is 42.5 Å². The molecule has 0 N–H and O–H groups in total. The van der Waals surface area contributed by atoms with Crippen LogP contribution in [0.3, 0.4) is 0 Å². The zero-order valence-corrected chi connectivity index (χ0v) is 14.5. The lowest BCUT2D eigenvalue weighted by Crippen LogP contribution is -2.62. The van der Waals surface area contributed by atoms with Gasteiger partial charge in [-0.15, -0.1) is 6.58 Å². The molecule has 0 aliphatic rings. The van der Waals surface area contributed by atoms with Gasteiger partial charge in [0.25, 0.3) is 0 Å². The number of allylic oxidation sites excluding steroid dienone is 1. The van der Waals surface area contributed by atoms with Gasteiger partial charge >= 0.3 is 0 Å². The lowest BCUT2D eigenvalue weighted by Gasteiger charge is -2.28. The number of hydrogen-bond acceptors (Lipinski definition) is 1. The fourth-order valence-electron chi connectivity index (χ4n) is 2.92. The Morgan fingerprint density at radius 3 is 1.91 bits per heavy atom. The Labute approximate surface area is 134 Å². The van der Waals surface area contributed by atoms with E-state index in [0.717, 1.165) is 6.42 Å². The molecule has 0 heterocycles. The Bertz CT molecular complexity index is 579. The molecule has 1 atom stereocenters. The maximum Gasteiger partial charge on any atom is 0.190 e.